The number of alkyl halides is 3. The highest BCUT2D eigenvalue weighted by Gasteiger charge is 2.33. The third-order valence-corrected chi connectivity index (χ3v) is 3.01. The molecule has 0 saturated carbocycles. The Bertz CT molecular complexity index is 609. The summed E-state index contributed by atoms with van der Waals surface area (Å²) in [7, 11) is 1.40. The smallest absolute Gasteiger partial charge is 0.349 e. The molecule has 0 aromatic heterocycles. The maximum absolute atomic E-state index is 13.7. The van der Waals surface area contributed by atoms with Crippen LogP contribution in [0.5, 0.6) is 0 Å². The monoisotopic (exact) mass is 319 g/mol. The first-order chi connectivity index (χ1) is 9.68. The standard InChI is InChI=1S/C15H14ClF4N/c1-4-5-6-11(15(18,19)20)9-21(3)13-8-7-12(16)14(17)10(13)2/h7-9H,4H2,1-3H3/b11-9+. The van der Waals surface area contributed by atoms with Crippen molar-refractivity contribution in [2.75, 3.05) is 11.9 Å². The molecule has 1 aromatic carbocycles. The van der Waals surface area contributed by atoms with Crippen molar-refractivity contribution in [3.05, 3.63) is 40.3 Å². The molecule has 0 aliphatic carbocycles. The number of hydrogen-bond donors (Lipinski definition) is 0. The van der Waals surface area contributed by atoms with Gasteiger partial charge in [-0.05, 0) is 19.1 Å². The van der Waals surface area contributed by atoms with E-state index in [1.54, 1.807) is 6.92 Å². The highest BCUT2D eigenvalue weighted by Crippen LogP contribution is 2.30. The largest absolute Gasteiger partial charge is 0.425 e. The van der Waals surface area contributed by atoms with Crippen LogP contribution < -0.4 is 4.90 Å². The van der Waals surface area contributed by atoms with E-state index in [1.165, 1.54) is 31.0 Å². The van der Waals surface area contributed by atoms with Gasteiger partial charge in [0.2, 0.25) is 0 Å². The first-order valence-corrected chi connectivity index (χ1v) is 6.51. The highest BCUT2D eigenvalue weighted by atomic mass is 35.5. The van der Waals surface area contributed by atoms with Gasteiger partial charge in [0.25, 0.3) is 0 Å². The molecular formula is C15H14ClF4N. The Morgan fingerprint density at radius 3 is 2.52 bits per heavy atom. The first kappa shape index (κ1) is 17.4. The topological polar surface area (TPSA) is 3.24 Å². The molecule has 0 atom stereocenters. The molecular weight excluding hydrogens is 306 g/mol. The van der Waals surface area contributed by atoms with Gasteiger partial charge in [0.15, 0.2) is 0 Å². The molecule has 0 amide bonds. The van der Waals surface area contributed by atoms with Crippen LogP contribution in [0.1, 0.15) is 18.9 Å². The van der Waals surface area contributed by atoms with E-state index in [0.717, 1.165) is 6.20 Å². The van der Waals surface area contributed by atoms with Crippen molar-refractivity contribution >= 4 is 17.3 Å². The van der Waals surface area contributed by atoms with Gasteiger partial charge in [-0.3, -0.25) is 0 Å². The third-order valence-electron chi connectivity index (χ3n) is 2.72. The molecule has 6 heteroatoms. The van der Waals surface area contributed by atoms with Crippen molar-refractivity contribution in [2.24, 2.45) is 0 Å². The van der Waals surface area contributed by atoms with Crippen LogP contribution >= 0.6 is 11.6 Å². The lowest BCUT2D eigenvalue weighted by atomic mass is 10.1. The molecule has 1 nitrogen and oxygen atoms in total. The van der Waals surface area contributed by atoms with E-state index in [2.05, 4.69) is 11.8 Å². The summed E-state index contributed by atoms with van der Waals surface area (Å²) in [4.78, 5) is 1.18. The van der Waals surface area contributed by atoms with E-state index in [4.69, 9.17) is 11.6 Å². The second-order valence-corrected chi connectivity index (χ2v) is 4.72. The molecule has 0 bridgehead atoms. The van der Waals surface area contributed by atoms with Crippen LogP contribution in [-0.4, -0.2) is 13.2 Å². The molecule has 0 aliphatic heterocycles. The average molecular weight is 320 g/mol. The Morgan fingerprint density at radius 2 is 2.00 bits per heavy atom. The second kappa shape index (κ2) is 6.86. The lowest BCUT2D eigenvalue weighted by Gasteiger charge is -2.19. The predicted molar refractivity (Wildman–Crippen MR) is 76.8 cm³/mol. The van der Waals surface area contributed by atoms with Gasteiger partial charge in [-0.2, -0.15) is 13.2 Å². The normalized spacial score (nSPS) is 11.9. The number of nitrogens with zero attached hydrogens (tertiary/aromatic N) is 1. The molecule has 0 fully saturated rings. The van der Waals surface area contributed by atoms with E-state index >= 15 is 0 Å². The van der Waals surface area contributed by atoms with E-state index in [0.29, 0.717) is 6.42 Å². The molecule has 21 heavy (non-hydrogen) atoms. The van der Waals surface area contributed by atoms with Crippen LogP contribution in [0.15, 0.2) is 23.9 Å². The van der Waals surface area contributed by atoms with Crippen molar-refractivity contribution in [2.45, 2.75) is 26.4 Å². The molecule has 0 aliphatic rings. The average Bonchev–Trinajstić information content (AvgIpc) is 2.39. The lowest BCUT2D eigenvalue weighted by molar-refractivity contribution is -0.0873. The summed E-state index contributed by atoms with van der Waals surface area (Å²) in [6, 6.07) is 2.76. The Labute approximate surface area is 126 Å². The maximum atomic E-state index is 13.7. The number of halogens is 5. The van der Waals surface area contributed by atoms with Crippen LogP contribution in [-0.2, 0) is 0 Å². The summed E-state index contributed by atoms with van der Waals surface area (Å²) in [5, 5.41) is -0.0737. The van der Waals surface area contributed by atoms with Gasteiger partial charge < -0.3 is 4.90 Å². The molecule has 0 spiro atoms. The molecule has 0 saturated heterocycles. The Kier molecular flexibility index (Phi) is 5.68. The summed E-state index contributed by atoms with van der Waals surface area (Å²) in [6.07, 6.45) is -3.40. The second-order valence-electron chi connectivity index (χ2n) is 4.31. The zero-order chi connectivity index (χ0) is 16.2. The number of benzene rings is 1. The summed E-state index contributed by atoms with van der Waals surface area (Å²) in [6.45, 7) is 3.11. The van der Waals surface area contributed by atoms with Gasteiger partial charge in [0, 0.05) is 30.9 Å². The molecule has 0 unspecified atom stereocenters. The van der Waals surface area contributed by atoms with Gasteiger partial charge in [0.1, 0.15) is 11.4 Å². The maximum Gasteiger partial charge on any atom is 0.425 e. The fourth-order valence-electron chi connectivity index (χ4n) is 1.65. The summed E-state index contributed by atoms with van der Waals surface area (Å²) < 4.78 is 52.3. The number of hydrogen-bond acceptors (Lipinski definition) is 1. The van der Waals surface area contributed by atoms with E-state index < -0.39 is 17.6 Å². The van der Waals surface area contributed by atoms with Gasteiger partial charge >= 0.3 is 6.18 Å². The SMILES string of the molecule is CCC#C/C(=C\N(C)c1ccc(Cl)c(F)c1C)C(F)(F)F. The third kappa shape index (κ3) is 4.40. The van der Waals surface area contributed by atoms with Crippen molar-refractivity contribution in [1.82, 2.24) is 0 Å². The van der Waals surface area contributed by atoms with Crippen molar-refractivity contribution in [3.8, 4) is 11.8 Å². The number of anilines is 1. The molecule has 114 valence electrons. The zero-order valence-corrected chi connectivity index (χ0v) is 12.5. The van der Waals surface area contributed by atoms with Crippen molar-refractivity contribution in [3.63, 3.8) is 0 Å². The molecule has 1 aromatic rings. The quantitative estimate of drug-likeness (QED) is 0.542. The van der Waals surface area contributed by atoms with E-state index in [-0.39, 0.29) is 16.3 Å². The van der Waals surface area contributed by atoms with E-state index in [9.17, 15) is 17.6 Å². The highest BCUT2D eigenvalue weighted by molar-refractivity contribution is 6.30. The Hall–Kier alpha value is -1.67. The minimum absolute atomic E-state index is 0.0737. The van der Waals surface area contributed by atoms with Crippen LogP contribution in [0.4, 0.5) is 23.2 Å². The molecule has 0 N–H and O–H groups in total. The lowest BCUT2D eigenvalue weighted by Crippen LogP contribution is -2.18. The zero-order valence-electron chi connectivity index (χ0n) is 11.8. The van der Waals surface area contributed by atoms with Crippen LogP contribution in [0.25, 0.3) is 0 Å². The fourth-order valence-corrected chi connectivity index (χ4v) is 1.85. The molecule has 0 radical (unpaired) electrons. The summed E-state index contributed by atoms with van der Waals surface area (Å²) in [5.74, 6) is 3.82. The molecule has 0 heterocycles. The van der Waals surface area contributed by atoms with Crippen molar-refractivity contribution < 1.29 is 17.6 Å². The fraction of sp³-hybridized carbons (Fsp3) is 0.333. The Morgan fingerprint density at radius 1 is 1.38 bits per heavy atom. The van der Waals surface area contributed by atoms with Crippen LogP contribution in [0.2, 0.25) is 5.02 Å². The van der Waals surface area contributed by atoms with Crippen LogP contribution in [0.3, 0.4) is 0 Å². The molecule has 1 rings (SSSR count). The van der Waals surface area contributed by atoms with Gasteiger partial charge in [-0.1, -0.05) is 30.4 Å². The van der Waals surface area contributed by atoms with E-state index in [1.807, 2.05) is 0 Å². The summed E-state index contributed by atoms with van der Waals surface area (Å²) >= 11 is 5.63. The number of allylic oxidation sites excluding steroid dienone is 1. The van der Waals surface area contributed by atoms with Crippen LogP contribution in [0, 0.1) is 24.6 Å². The Balaban J connectivity index is 3.26. The minimum atomic E-state index is -4.56. The summed E-state index contributed by atoms with van der Waals surface area (Å²) in [5.41, 5.74) is -0.523. The van der Waals surface area contributed by atoms with Gasteiger partial charge in [0.05, 0.1) is 5.02 Å². The predicted octanol–water partition coefficient (Wildman–Crippen LogP) is 5.08. The minimum Gasteiger partial charge on any atom is -0.349 e. The van der Waals surface area contributed by atoms with Crippen molar-refractivity contribution in [1.29, 1.82) is 0 Å². The number of rotatable bonds is 2. The van der Waals surface area contributed by atoms with Gasteiger partial charge in [-0.25, -0.2) is 4.39 Å². The first-order valence-electron chi connectivity index (χ1n) is 6.13. The van der Waals surface area contributed by atoms with Gasteiger partial charge in [-0.15, -0.1) is 0 Å².